The van der Waals surface area contributed by atoms with Crippen LogP contribution in [0.15, 0.2) is 30.3 Å². The van der Waals surface area contributed by atoms with E-state index in [9.17, 15) is 9.59 Å². The first-order chi connectivity index (χ1) is 13.0. The van der Waals surface area contributed by atoms with Crippen molar-refractivity contribution >= 4 is 36.6 Å². The Hall–Kier alpha value is -1.34. The van der Waals surface area contributed by atoms with Gasteiger partial charge >= 0.3 is 0 Å². The van der Waals surface area contributed by atoms with Crippen LogP contribution in [-0.4, -0.2) is 53.8 Å². The summed E-state index contributed by atoms with van der Waals surface area (Å²) in [5, 5.41) is 0. The van der Waals surface area contributed by atoms with Crippen molar-refractivity contribution in [3.63, 3.8) is 0 Å². The van der Waals surface area contributed by atoms with Crippen LogP contribution < -0.4 is 11.5 Å². The fourth-order valence-electron chi connectivity index (χ4n) is 4.36. The van der Waals surface area contributed by atoms with Gasteiger partial charge in [-0.1, -0.05) is 30.3 Å². The van der Waals surface area contributed by atoms with Gasteiger partial charge in [0, 0.05) is 32.6 Å². The Bertz CT molecular complexity index is 651. The Morgan fingerprint density at radius 2 is 1.76 bits per heavy atom. The van der Waals surface area contributed by atoms with Crippen LogP contribution >= 0.6 is 24.8 Å². The van der Waals surface area contributed by atoms with Crippen LogP contribution in [-0.2, 0) is 16.1 Å². The summed E-state index contributed by atoms with van der Waals surface area (Å²) in [5.74, 6) is 0.290. The Labute approximate surface area is 186 Å². The molecule has 2 amide bonds. The second-order valence-corrected chi connectivity index (χ2v) is 8.10. The van der Waals surface area contributed by atoms with E-state index in [0.717, 1.165) is 45.3 Å². The molecule has 1 aromatic rings. The first kappa shape index (κ1) is 25.7. The van der Waals surface area contributed by atoms with Crippen molar-refractivity contribution in [3.8, 4) is 0 Å². The third kappa shape index (κ3) is 6.57. The van der Waals surface area contributed by atoms with Crippen molar-refractivity contribution < 1.29 is 9.59 Å². The molecule has 2 saturated heterocycles. The summed E-state index contributed by atoms with van der Waals surface area (Å²) in [5.41, 5.74) is 12.9. The lowest BCUT2D eigenvalue weighted by atomic mass is 9.72. The molecule has 1 aromatic carbocycles. The van der Waals surface area contributed by atoms with Crippen LogP contribution in [0.4, 0.5) is 0 Å². The van der Waals surface area contributed by atoms with E-state index in [0.29, 0.717) is 25.9 Å². The van der Waals surface area contributed by atoms with Gasteiger partial charge in [-0.2, -0.15) is 0 Å². The minimum atomic E-state index is -0.440. The second-order valence-electron chi connectivity index (χ2n) is 8.10. The third-order valence-electron chi connectivity index (χ3n) is 6.14. The van der Waals surface area contributed by atoms with Crippen molar-refractivity contribution in [2.24, 2.45) is 16.9 Å². The molecule has 2 fully saturated rings. The third-order valence-corrected chi connectivity index (χ3v) is 6.14. The molecule has 6 nitrogen and oxygen atoms in total. The largest absolute Gasteiger partial charge is 0.341 e. The fraction of sp³-hybridized carbons (Fsp3) is 0.619. The van der Waals surface area contributed by atoms with Crippen molar-refractivity contribution in [3.05, 3.63) is 35.9 Å². The summed E-state index contributed by atoms with van der Waals surface area (Å²) >= 11 is 0. The maximum absolute atomic E-state index is 12.5. The Balaban J connectivity index is 0.00000210. The van der Waals surface area contributed by atoms with Crippen molar-refractivity contribution in [1.82, 2.24) is 9.80 Å². The lowest BCUT2D eigenvalue weighted by molar-refractivity contribution is -0.143. The maximum Gasteiger partial charge on any atom is 0.239 e. The average Bonchev–Trinajstić information content (AvgIpc) is 2.70. The van der Waals surface area contributed by atoms with Gasteiger partial charge in [-0.3, -0.25) is 9.59 Å². The molecule has 29 heavy (non-hydrogen) atoms. The average molecular weight is 445 g/mol. The number of hydrogen-bond acceptors (Lipinski definition) is 4. The zero-order valence-corrected chi connectivity index (χ0v) is 18.6. The van der Waals surface area contributed by atoms with Crippen LogP contribution in [0.5, 0.6) is 0 Å². The molecule has 2 aliphatic heterocycles. The smallest absolute Gasteiger partial charge is 0.239 e. The number of likely N-dealkylation sites (tertiary alicyclic amines) is 2. The zero-order valence-electron chi connectivity index (χ0n) is 16.9. The Kier molecular flexibility index (Phi) is 10.4. The minimum absolute atomic E-state index is 0. The van der Waals surface area contributed by atoms with Crippen LogP contribution in [0.3, 0.4) is 0 Å². The van der Waals surface area contributed by atoms with Gasteiger partial charge in [0.25, 0.3) is 0 Å². The van der Waals surface area contributed by atoms with Gasteiger partial charge in [0.15, 0.2) is 0 Å². The summed E-state index contributed by atoms with van der Waals surface area (Å²) < 4.78 is 0. The number of nitrogens with zero attached hydrogens (tertiary/aromatic N) is 2. The molecular formula is C21H34Cl2N4O2. The van der Waals surface area contributed by atoms with Gasteiger partial charge < -0.3 is 21.3 Å². The topological polar surface area (TPSA) is 92.7 Å². The van der Waals surface area contributed by atoms with E-state index in [2.05, 4.69) is 12.1 Å². The van der Waals surface area contributed by atoms with Crippen molar-refractivity contribution in [2.45, 2.75) is 51.1 Å². The molecule has 4 N–H and O–H groups in total. The first-order valence-electron chi connectivity index (χ1n) is 10.1. The quantitative estimate of drug-likeness (QED) is 0.703. The number of halogens is 2. The van der Waals surface area contributed by atoms with Gasteiger partial charge in [-0.25, -0.2) is 0 Å². The second kappa shape index (κ2) is 11.7. The number of piperidine rings is 2. The van der Waals surface area contributed by atoms with E-state index in [1.807, 2.05) is 28.0 Å². The standard InChI is InChI=1S/C21H32N4O2.2ClH/c22-12-4-7-18(23)20(27)24-13-10-21(11-14-24)9-8-19(26)25(16-21)15-17-5-2-1-3-6-17;;/h1-3,5-6,18H,4,7-16,22-23H2;2*1H/t18-;;/m1../s1. The van der Waals surface area contributed by atoms with Gasteiger partial charge in [0.05, 0.1) is 6.04 Å². The highest BCUT2D eigenvalue weighted by Gasteiger charge is 2.42. The lowest BCUT2D eigenvalue weighted by Crippen LogP contribution is -2.54. The summed E-state index contributed by atoms with van der Waals surface area (Å²) in [6.45, 7) is 3.51. The highest BCUT2D eigenvalue weighted by molar-refractivity contribution is 5.85. The van der Waals surface area contributed by atoms with Crippen molar-refractivity contribution in [1.29, 1.82) is 0 Å². The molecule has 2 heterocycles. The molecule has 0 aliphatic carbocycles. The van der Waals surface area contributed by atoms with Gasteiger partial charge in [-0.05, 0) is 49.6 Å². The minimum Gasteiger partial charge on any atom is -0.341 e. The highest BCUT2D eigenvalue weighted by Crippen LogP contribution is 2.40. The van der Waals surface area contributed by atoms with E-state index in [1.54, 1.807) is 0 Å². The number of rotatable bonds is 6. The highest BCUT2D eigenvalue weighted by atomic mass is 35.5. The molecule has 0 radical (unpaired) electrons. The number of carbonyl (C=O) groups is 2. The summed E-state index contributed by atoms with van der Waals surface area (Å²) in [6.07, 6.45) is 4.86. The zero-order chi connectivity index (χ0) is 19.3. The normalized spacial score (nSPS) is 19.3. The molecule has 3 rings (SSSR count). The SMILES string of the molecule is Cl.Cl.NCCC[C@@H](N)C(=O)N1CCC2(CCC(=O)N(Cc3ccccc3)C2)CC1. The van der Waals surface area contributed by atoms with Gasteiger partial charge in [0.2, 0.25) is 11.8 Å². The molecule has 2 aliphatic rings. The van der Waals surface area contributed by atoms with Crippen LogP contribution in [0.25, 0.3) is 0 Å². The van der Waals surface area contributed by atoms with E-state index in [-0.39, 0.29) is 42.0 Å². The molecular weight excluding hydrogens is 411 g/mol. The molecule has 1 spiro atoms. The maximum atomic E-state index is 12.5. The Morgan fingerprint density at radius 3 is 2.38 bits per heavy atom. The lowest BCUT2D eigenvalue weighted by Gasteiger charge is -2.47. The number of amides is 2. The van der Waals surface area contributed by atoms with Crippen LogP contribution in [0.2, 0.25) is 0 Å². The summed E-state index contributed by atoms with van der Waals surface area (Å²) in [4.78, 5) is 28.9. The van der Waals surface area contributed by atoms with E-state index >= 15 is 0 Å². The predicted molar refractivity (Wildman–Crippen MR) is 120 cm³/mol. The van der Waals surface area contributed by atoms with Crippen LogP contribution in [0, 0.1) is 5.41 Å². The molecule has 8 heteroatoms. The van der Waals surface area contributed by atoms with Crippen molar-refractivity contribution in [2.75, 3.05) is 26.2 Å². The molecule has 0 aromatic heterocycles. The van der Waals surface area contributed by atoms with Gasteiger partial charge in [-0.15, -0.1) is 24.8 Å². The van der Waals surface area contributed by atoms with E-state index in [4.69, 9.17) is 11.5 Å². The molecule has 1 atom stereocenters. The molecule has 164 valence electrons. The molecule has 0 bridgehead atoms. The number of benzene rings is 1. The van der Waals surface area contributed by atoms with Gasteiger partial charge in [0.1, 0.15) is 0 Å². The number of nitrogens with two attached hydrogens (primary N) is 2. The summed E-state index contributed by atoms with van der Waals surface area (Å²) in [6, 6.07) is 9.71. The van der Waals surface area contributed by atoms with E-state index < -0.39 is 6.04 Å². The van der Waals surface area contributed by atoms with E-state index in [1.165, 1.54) is 5.56 Å². The summed E-state index contributed by atoms with van der Waals surface area (Å²) in [7, 11) is 0. The Morgan fingerprint density at radius 1 is 1.10 bits per heavy atom. The monoisotopic (exact) mass is 444 g/mol. The fourth-order valence-corrected chi connectivity index (χ4v) is 4.36. The number of carbonyl (C=O) groups excluding carboxylic acids is 2. The van der Waals surface area contributed by atoms with Crippen LogP contribution in [0.1, 0.15) is 44.1 Å². The molecule has 0 unspecified atom stereocenters. The first-order valence-corrected chi connectivity index (χ1v) is 10.1. The predicted octanol–water partition coefficient (Wildman–Crippen LogP) is 2.33. The number of hydrogen-bond donors (Lipinski definition) is 2. The molecule has 0 saturated carbocycles.